The number of rotatable bonds is 3. The first-order valence-corrected chi connectivity index (χ1v) is 7.18. The van der Waals surface area contributed by atoms with Crippen molar-refractivity contribution in [2.45, 2.75) is 26.4 Å². The molecule has 0 unspecified atom stereocenters. The molecule has 0 bridgehead atoms. The molecule has 1 aromatic carbocycles. The summed E-state index contributed by atoms with van der Waals surface area (Å²) in [6, 6.07) is 13.2. The van der Waals surface area contributed by atoms with E-state index >= 15 is 0 Å². The van der Waals surface area contributed by atoms with E-state index in [0.717, 1.165) is 11.0 Å². The second-order valence-electron chi connectivity index (χ2n) is 5.28. The summed E-state index contributed by atoms with van der Waals surface area (Å²) in [6.45, 7) is 4.08. The van der Waals surface area contributed by atoms with Crippen LogP contribution in [0.2, 0.25) is 0 Å². The van der Waals surface area contributed by atoms with E-state index in [2.05, 4.69) is 15.3 Å². The lowest BCUT2D eigenvalue weighted by Crippen LogP contribution is -2.30. The van der Waals surface area contributed by atoms with E-state index in [9.17, 15) is 4.79 Å². The topological polar surface area (TPSA) is 65.1 Å². The van der Waals surface area contributed by atoms with Crippen LogP contribution in [0.4, 0.5) is 0 Å². The maximum absolute atomic E-state index is 12.6. The van der Waals surface area contributed by atoms with Crippen molar-refractivity contribution in [3.05, 3.63) is 54.1 Å². The van der Waals surface area contributed by atoms with Gasteiger partial charge in [-0.1, -0.05) is 23.4 Å². The predicted molar refractivity (Wildman–Crippen MR) is 83.3 cm³/mol. The van der Waals surface area contributed by atoms with Crippen LogP contribution < -0.4 is 5.49 Å². The summed E-state index contributed by atoms with van der Waals surface area (Å²) in [5, 5.41) is 8.12. The molecule has 6 nitrogen and oxygen atoms in total. The number of nitrogens with zero attached hydrogens (tertiary/aromatic N) is 5. The third-order valence-electron chi connectivity index (χ3n) is 3.20. The molecule has 0 spiro atoms. The summed E-state index contributed by atoms with van der Waals surface area (Å²) in [4.78, 5) is 17.0. The van der Waals surface area contributed by atoms with Gasteiger partial charge in [-0.2, -0.15) is 0 Å². The van der Waals surface area contributed by atoms with Crippen LogP contribution in [0.1, 0.15) is 18.6 Å². The van der Waals surface area contributed by atoms with E-state index in [1.54, 1.807) is 15.4 Å². The number of carbonyl (C=O) groups excluding carboxylic acids is 1. The summed E-state index contributed by atoms with van der Waals surface area (Å²) in [5.74, 6) is -0.101. The standard InChI is InChI=1S/C16H17N5O/c1-12(2)17-15-9-5-6-10-20(15)16(22)11-21-14-8-4-3-7-13(14)18-19-21/h3-10,12H,11H2,1-2H3. The van der Waals surface area contributed by atoms with Gasteiger partial charge in [-0.05, 0) is 38.1 Å². The van der Waals surface area contributed by atoms with Crippen molar-refractivity contribution >= 4 is 16.9 Å². The summed E-state index contributed by atoms with van der Waals surface area (Å²) >= 11 is 0. The van der Waals surface area contributed by atoms with Crippen molar-refractivity contribution in [1.29, 1.82) is 0 Å². The molecule has 0 aliphatic heterocycles. The number of hydrogen-bond acceptors (Lipinski definition) is 4. The highest BCUT2D eigenvalue weighted by molar-refractivity contribution is 5.81. The monoisotopic (exact) mass is 295 g/mol. The highest BCUT2D eigenvalue weighted by atomic mass is 16.2. The fourth-order valence-electron chi connectivity index (χ4n) is 2.25. The van der Waals surface area contributed by atoms with Gasteiger partial charge >= 0.3 is 0 Å². The summed E-state index contributed by atoms with van der Waals surface area (Å²) < 4.78 is 3.16. The third kappa shape index (κ3) is 2.81. The molecule has 2 heterocycles. The fraction of sp³-hybridized carbons (Fsp3) is 0.250. The maximum Gasteiger partial charge on any atom is 0.254 e. The smallest absolute Gasteiger partial charge is 0.254 e. The van der Waals surface area contributed by atoms with Crippen LogP contribution in [0.15, 0.2) is 53.7 Å². The van der Waals surface area contributed by atoms with Crippen molar-refractivity contribution < 1.29 is 4.79 Å². The molecule has 0 aliphatic rings. The largest absolute Gasteiger partial charge is 0.272 e. The maximum atomic E-state index is 12.6. The van der Waals surface area contributed by atoms with E-state index in [-0.39, 0.29) is 18.5 Å². The molecule has 2 aromatic heterocycles. The van der Waals surface area contributed by atoms with Gasteiger partial charge in [-0.3, -0.25) is 14.4 Å². The number of benzene rings is 1. The second-order valence-corrected chi connectivity index (χ2v) is 5.28. The molecule has 0 atom stereocenters. The van der Waals surface area contributed by atoms with Gasteiger partial charge in [0.15, 0.2) is 0 Å². The molecule has 0 radical (unpaired) electrons. The van der Waals surface area contributed by atoms with Crippen molar-refractivity contribution in [1.82, 2.24) is 19.6 Å². The average molecular weight is 295 g/mol. The zero-order valence-electron chi connectivity index (χ0n) is 12.5. The molecule has 0 amide bonds. The van der Waals surface area contributed by atoms with Crippen LogP contribution in [0.3, 0.4) is 0 Å². The quantitative estimate of drug-likeness (QED) is 0.741. The lowest BCUT2D eigenvalue weighted by molar-refractivity contribution is 0.0881. The lowest BCUT2D eigenvalue weighted by Gasteiger charge is -2.07. The minimum Gasteiger partial charge on any atom is -0.272 e. The molecule has 6 heteroatoms. The van der Waals surface area contributed by atoms with Crippen molar-refractivity contribution in [2.75, 3.05) is 0 Å². The van der Waals surface area contributed by atoms with Gasteiger partial charge in [0.25, 0.3) is 5.91 Å². The summed E-state index contributed by atoms with van der Waals surface area (Å²) in [7, 11) is 0. The van der Waals surface area contributed by atoms with E-state index in [1.807, 2.05) is 56.3 Å². The number of aromatic nitrogens is 4. The van der Waals surface area contributed by atoms with Gasteiger partial charge in [-0.25, -0.2) is 4.68 Å². The highest BCUT2D eigenvalue weighted by Crippen LogP contribution is 2.09. The number of para-hydroxylation sites is 1. The Bertz CT molecular complexity index is 875. The Labute approximate surface area is 127 Å². The van der Waals surface area contributed by atoms with Gasteiger partial charge < -0.3 is 0 Å². The van der Waals surface area contributed by atoms with E-state index in [1.165, 1.54) is 0 Å². The first-order chi connectivity index (χ1) is 10.6. The van der Waals surface area contributed by atoms with Crippen molar-refractivity contribution in [2.24, 2.45) is 4.99 Å². The Hall–Kier alpha value is -2.76. The van der Waals surface area contributed by atoms with Gasteiger partial charge in [0, 0.05) is 12.2 Å². The molecule has 3 aromatic rings. The normalized spacial score (nSPS) is 12.2. The first-order valence-electron chi connectivity index (χ1n) is 7.18. The Morgan fingerprint density at radius 2 is 1.95 bits per heavy atom. The SMILES string of the molecule is CC(C)N=c1ccccn1C(=O)Cn1nnc2ccccc21. The minimum atomic E-state index is -0.101. The van der Waals surface area contributed by atoms with Gasteiger partial charge in [0.05, 0.1) is 5.52 Å². The predicted octanol–water partition coefficient (Wildman–Crippen LogP) is 1.88. The van der Waals surface area contributed by atoms with Gasteiger partial charge in [-0.15, -0.1) is 5.10 Å². The Balaban J connectivity index is 1.96. The Kier molecular flexibility index (Phi) is 3.82. The number of fused-ring (bicyclic) bond motifs is 1. The highest BCUT2D eigenvalue weighted by Gasteiger charge is 2.10. The van der Waals surface area contributed by atoms with Crippen LogP contribution in [0, 0.1) is 0 Å². The minimum absolute atomic E-state index is 0.101. The average Bonchev–Trinajstić information content (AvgIpc) is 2.90. The molecule has 0 saturated heterocycles. The summed E-state index contributed by atoms with van der Waals surface area (Å²) in [6.07, 6.45) is 1.72. The molecule has 0 fully saturated rings. The molecule has 3 rings (SSSR count). The molecule has 22 heavy (non-hydrogen) atoms. The number of hydrogen-bond donors (Lipinski definition) is 0. The van der Waals surface area contributed by atoms with E-state index in [0.29, 0.717) is 5.49 Å². The first kappa shape index (κ1) is 14.2. The lowest BCUT2D eigenvalue weighted by atomic mass is 10.3. The summed E-state index contributed by atoms with van der Waals surface area (Å²) in [5.41, 5.74) is 2.27. The van der Waals surface area contributed by atoms with Crippen molar-refractivity contribution in [3.8, 4) is 0 Å². The van der Waals surface area contributed by atoms with Crippen LogP contribution >= 0.6 is 0 Å². The third-order valence-corrected chi connectivity index (χ3v) is 3.20. The van der Waals surface area contributed by atoms with Crippen LogP contribution in [0.5, 0.6) is 0 Å². The Morgan fingerprint density at radius 3 is 2.77 bits per heavy atom. The zero-order valence-corrected chi connectivity index (χ0v) is 12.5. The molecule has 112 valence electrons. The van der Waals surface area contributed by atoms with Gasteiger partial charge in [0.1, 0.15) is 17.5 Å². The molecule has 0 N–H and O–H groups in total. The van der Waals surface area contributed by atoms with E-state index < -0.39 is 0 Å². The zero-order chi connectivity index (χ0) is 15.5. The molecular weight excluding hydrogens is 278 g/mol. The molecule has 0 saturated carbocycles. The van der Waals surface area contributed by atoms with Crippen LogP contribution in [-0.4, -0.2) is 31.5 Å². The fourth-order valence-corrected chi connectivity index (χ4v) is 2.25. The van der Waals surface area contributed by atoms with E-state index in [4.69, 9.17) is 0 Å². The van der Waals surface area contributed by atoms with Gasteiger partial charge in [0.2, 0.25) is 0 Å². The number of pyridine rings is 1. The molecule has 0 aliphatic carbocycles. The Morgan fingerprint density at radius 1 is 1.18 bits per heavy atom. The van der Waals surface area contributed by atoms with Crippen LogP contribution in [-0.2, 0) is 6.54 Å². The number of carbonyl (C=O) groups is 1. The van der Waals surface area contributed by atoms with Crippen molar-refractivity contribution in [3.63, 3.8) is 0 Å². The van der Waals surface area contributed by atoms with Crippen LogP contribution in [0.25, 0.3) is 11.0 Å². The molecular formula is C16H17N5O. The second kappa shape index (κ2) is 5.93.